The fourth-order valence-electron chi connectivity index (χ4n) is 2.09. The lowest BCUT2D eigenvalue weighted by atomic mass is 10.1. The second-order valence-electron chi connectivity index (χ2n) is 4.36. The predicted octanol–water partition coefficient (Wildman–Crippen LogP) is 2.48. The Hall–Kier alpha value is -0.590. The highest BCUT2D eigenvalue weighted by molar-refractivity contribution is 8.15. The molecule has 0 unspecified atom stereocenters. The molecule has 0 atom stereocenters. The highest BCUT2D eigenvalue weighted by Crippen LogP contribution is 2.26. The molecule has 0 radical (unpaired) electrons. The van der Waals surface area contributed by atoms with Crippen molar-refractivity contribution >= 4 is 37.0 Å². The number of thiophene rings is 1. The number of amides is 1. The molecule has 4 nitrogen and oxygen atoms in total. The van der Waals surface area contributed by atoms with Gasteiger partial charge in [-0.2, -0.15) is 0 Å². The van der Waals surface area contributed by atoms with Crippen LogP contribution in [0.4, 0.5) is 0 Å². The van der Waals surface area contributed by atoms with Crippen LogP contribution >= 0.6 is 22.0 Å². The Morgan fingerprint density at radius 1 is 1.39 bits per heavy atom. The highest BCUT2D eigenvalue weighted by Gasteiger charge is 2.22. The Morgan fingerprint density at radius 3 is 2.61 bits per heavy atom. The molecule has 100 valence electrons. The van der Waals surface area contributed by atoms with E-state index in [0.29, 0.717) is 6.54 Å². The molecule has 2 rings (SSSR count). The lowest BCUT2D eigenvalue weighted by molar-refractivity contribution is -0.124. The molecule has 1 amide bonds. The number of carbonyl (C=O) groups is 1. The molecular weight excluding hydrogens is 294 g/mol. The fraction of sp³-hybridized carbons (Fsp3) is 0.545. The highest BCUT2D eigenvalue weighted by atomic mass is 35.7. The smallest absolute Gasteiger partial charge is 0.270 e. The minimum absolute atomic E-state index is 0.0659. The van der Waals surface area contributed by atoms with Crippen LogP contribution in [-0.2, 0) is 20.4 Å². The quantitative estimate of drug-likeness (QED) is 0.869. The predicted molar refractivity (Wildman–Crippen MR) is 71.2 cm³/mol. The van der Waals surface area contributed by atoms with E-state index in [1.807, 2.05) is 0 Å². The molecule has 0 spiro atoms. The van der Waals surface area contributed by atoms with Crippen LogP contribution in [0.5, 0.6) is 0 Å². The van der Waals surface area contributed by atoms with E-state index < -0.39 is 9.05 Å². The summed E-state index contributed by atoms with van der Waals surface area (Å²) in [6, 6.07) is 3.14. The van der Waals surface area contributed by atoms with Gasteiger partial charge in [0.25, 0.3) is 9.05 Å². The molecule has 7 heteroatoms. The summed E-state index contributed by atoms with van der Waals surface area (Å²) in [5.41, 5.74) is 0. The Kier molecular flexibility index (Phi) is 4.29. The minimum Gasteiger partial charge on any atom is -0.351 e. The van der Waals surface area contributed by atoms with E-state index in [1.54, 1.807) is 6.07 Å². The maximum Gasteiger partial charge on any atom is 0.270 e. The number of rotatable bonds is 4. The van der Waals surface area contributed by atoms with Gasteiger partial charge in [0.05, 0.1) is 6.54 Å². The summed E-state index contributed by atoms with van der Waals surface area (Å²) in [6.07, 6.45) is 4.15. The van der Waals surface area contributed by atoms with Crippen LogP contribution in [-0.4, -0.2) is 14.3 Å². The molecule has 0 saturated heterocycles. The van der Waals surface area contributed by atoms with Crippen molar-refractivity contribution < 1.29 is 13.2 Å². The number of carbonyl (C=O) groups excluding carboxylic acids is 1. The summed E-state index contributed by atoms with van der Waals surface area (Å²) in [5.74, 6) is 0.192. The molecule has 1 aliphatic rings. The Morgan fingerprint density at radius 2 is 2.06 bits per heavy atom. The van der Waals surface area contributed by atoms with Gasteiger partial charge in [0.1, 0.15) is 4.21 Å². The van der Waals surface area contributed by atoms with Crippen molar-refractivity contribution in [1.82, 2.24) is 5.32 Å². The topological polar surface area (TPSA) is 63.2 Å². The van der Waals surface area contributed by atoms with Crippen LogP contribution in [0.25, 0.3) is 0 Å². The van der Waals surface area contributed by atoms with Crippen molar-refractivity contribution in [3.05, 3.63) is 17.0 Å². The summed E-state index contributed by atoms with van der Waals surface area (Å²) in [6.45, 7) is 0.367. The van der Waals surface area contributed by atoms with Crippen molar-refractivity contribution in [3.8, 4) is 0 Å². The van der Waals surface area contributed by atoms with Gasteiger partial charge in [-0.15, -0.1) is 11.3 Å². The normalized spacial score (nSPS) is 16.9. The van der Waals surface area contributed by atoms with E-state index >= 15 is 0 Å². The van der Waals surface area contributed by atoms with Crippen LogP contribution in [0.3, 0.4) is 0 Å². The molecule has 1 aromatic rings. The molecule has 1 heterocycles. The fourth-order valence-corrected chi connectivity index (χ4v) is 4.15. The zero-order valence-corrected chi connectivity index (χ0v) is 12.1. The van der Waals surface area contributed by atoms with Gasteiger partial charge >= 0.3 is 0 Å². The van der Waals surface area contributed by atoms with E-state index in [9.17, 15) is 13.2 Å². The summed E-state index contributed by atoms with van der Waals surface area (Å²) in [7, 11) is 1.58. The van der Waals surface area contributed by atoms with Crippen molar-refractivity contribution in [1.29, 1.82) is 0 Å². The first-order valence-corrected chi connectivity index (χ1v) is 8.90. The summed E-state index contributed by atoms with van der Waals surface area (Å²) in [5, 5.41) is 2.84. The van der Waals surface area contributed by atoms with Gasteiger partial charge in [0, 0.05) is 21.5 Å². The first kappa shape index (κ1) is 13.8. The largest absolute Gasteiger partial charge is 0.351 e. The zero-order valence-electron chi connectivity index (χ0n) is 9.69. The first-order valence-electron chi connectivity index (χ1n) is 5.78. The van der Waals surface area contributed by atoms with Gasteiger partial charge < -0.3 is 5.32 Å². The van der Waals surface area contributed by atoms with Gasteiger partial charge in [-0.3, -0.25) is 4.79 Å². The van der Waals surface area contributed by atoms with Crippen LogP contribution in [0.15, 0.2) is 16.3 Å². The molecular formula is C11H14ClNO3S2. The Balaban J connectivity index is 1.90. The van der Waals surface area contributed by atoms with Gasteiger partial charge in [-0.25, -0.2) is 8.42 Å². The minimum atomic E-state index is -3.66. The molecule has 1 fully saturated rings. The lowest BCUT2D eigenvalue weighted by Crippen LogP contribution is -2.28. The van der Waals surface area contributed by atoms with E-state index in [2.05, 4.69) is 5.32 Å². The van der Waals surface area contributed by atoms with Crippen molar-refractivity contribution in [2.75, 3.05) is 0 Å². The maximum absolute atomic E-state index is 11.8. The molecule has 1 aliphatic carbocycles. The van der Waals surface area contributed by atoms with E-state index in [0.717, 1.165) is 41.9 Å². The van der Waals surface area contributed by atoms with Gasteiger partial charge in [-0.1, -0.05) is 12.8 Å². The molecule has 1 aromatic heterocycles. The summed E-state index contributed by atoms with van der Waals surface area (Å²) >= 11 is 1.09. The van der Waals surface area contributed by atoms with E-state index in [-0.39, 0.29) is 16.0 Å². The third kappa shape index (κ3) is 3.46. The van der Waals surface area contributed by atoms with Gasteiger partial charge in [0.2, 0.25) is 5.91 Å². The number of hydrogen-bond donors (Lipinski definition) is 1. The number of nitrogens with one attached hydrogen (secondary N) is 1. The molecule has 1 saturated carbocycles. The third-order valence-electron chi connectivity index (χ3n) is 3.04. The summed E-state index contributed by atoms with van der Waals surface area (Å²) < 4.78 is 22.3. The molecule has 0 bridgehead atoms. The van der Waals surface area contributed by atoms with E-state index in [4.69, 9.17) is 10.7 Å². The third-order valence-corrected chi connectivity index (χ3v) is 6.22. The maximum atomic E-state index is 11.8. The molecule has 18 heavy (non-hydrogen) atoms. The first-order chi connectivity index (χ1) is 8.47. The SMILES string of the molecule is O=C(NCc1ccc(S(=O)(=O)Cl)s1)C1CCCC1. The zero-order chi connectivity index (χ0) is 13.2. The van der Waals surface area contributed by atoms with Gasteiger partial charge in [0.15, 0.2) is 0 Å². The molecule has 0 aliphatic heterocycles. The van der Waals surface area contributed by atoms with Crippen molar-refractivity contribution in [3.63, 3.8) is 0 Å². The van der Waals surface area contributed by atoms with Crippen molar-refractivity contribution in [2.45, 2.75) is 36.4 Å². The number of halogens is 1. The second kappa shape index (κ2) is 5.59. The molecule has 1 N–H and O–H groups in total. The van der Waals surface area contributed by atoms with Crippen LogP contribution < -0.4 is 5.32 Å². The van der Waals surface area contributed by atoms with Crippen LogP contribution in [0, 0.1) is 5.92 Å². The number of hydrogen-bond acceptors (Lipinski definition) is 4. The Labute approximate surface area is 115 Å². The van der Waals surface area contributed by atoms with E-state index in [1.165, 1.54) is 6.07 Å². The average molecular weight is 308 g/mol. The summed E-state index contributed by atoms with van der Waals surface area (Å²) in [4.78, 5) is 12.6. The van der Waals surface area contributed by atoms with Gasteiger partial charge in [-0.05, 0) is 25.0 Å². The van der Waals surface area contributed by atoms with Crippen LogP contribution in [0.1, 0.15) is 30.6 Å². The standard InChI is InChI=1S/C11H14ClNO3S2/c12-18(15,16)10-6-5-9(17-10)7-13-11(14)8-3-1-2-4-8/h5-6,8H,1-4,7H2,(H,13,14). The lowest BCUT2D eigenvalue weighted by Gasteiger charge is -2.08. The van der Waals surface area contributed by atoms with Crippen molar-refractivity contribution in [2.24, 2.45) is 5.92 Å². The van der Waals surface area contributed by atoms with Crippen LogP contribution in [0.2, 0.25) is 0 Å². The second-order valence-corrected chi connectivity index (χ2v) is 8.32. The Bertz CT molecular complexity index is 532. The average Bonchev–Trinajstić information content (AvgIpc) is 2.96. The molecule has 0 aromatic carbocycles. The monoisotopic (exact) mass is 307 g/mol.